The molecule has 1 aromatic carbocycles. The Morgan fingerprint density at radius 2 is 1.50 bits per heavy atom. The van der Waals surface area contributed by atoms with Crippen LogP contribution in [-0.4, -0.2) is 0 Å². The first-order chi connectivity index (χ1) is 3.39. The second kappa shape index (κ2) is 4.11. The van der Waals surface area contributed by atoms with E-state index >= 15 is 0 Å². The third-order valence-electron chi connectivity index (χ3n) is 0.843. The van der Waals surface area contributed by atoms with Crippen LogP contribution in [0.15, 0.2) is 30.3 Å². The number of benzene rings is 1. The molecule has 8 heavy (non-hydrogen) atoms. The van der Waals surface area contributed by atoms with E-state index in [1.165, 1.54) is 0 Å². The maximum atomic E-state index is 3.72. The van der Waals surface area contributed by atoms with E-state index in [9.17, 15) is 0 Å². The molecule has 1 rings (SSSR count). The molecule has 0 atom stereocenters. The minimum Gasteiger partial charge on any atom is -0.199 e. The standard InChI is InChI=1S/C7H7.Y/c1-7-5-3-2-4-6-7;/h2-6H,1H2;/q-1;. The van der Waals surface area contributed by atoms with Gasteiger partial charge in [0.2, 0.25) is 0 Å². The van der Waals surface area contributed by atoms with E-state index in [0.29, 0.717) is 0 Å². The van der Waals surface area contributed by atoms with Crippen LogP contribution in [0.25, 0.3) is 0 Å². The van der Waals surface area contributed by atoms with Crippen molar-refractivity contribution >= 4 is 0 Å². The molecule has 0 nitrogen and oxygen atoms in total. The Labute approximate surface area is 75.2 Å². The van der Waals surface area contributed by atoms with E-state index in [0.717, 1.165) is 5.56 Å². The number of hydrogen-bond acceptors (Lipinski definition) is 0. The Morgan fingerprint density at radius 3 is 1.75 bits per heavy atom. The normalized spacial score (nSPS) is 7.50. The van der Waals surface area contributed by atoms with Gasteiger partial charge in [0.05, 0.1) is 0 Å². The van der Waals surface area contributed by atoms with Crippen molar-refractivity contribution in [2.45, 2.75) is 0 Å². The molecule has 0 aliphatic rings. The van der Waals surface area contributed by atoms with Gasteiger partial charge in [-0.1, -0.05) is 6.07 Å². The van der Waals surface area contributed by atoms with E-state index in [2.05, 4.69) is 6.92 Å². The van der Waals surface area contributed by atoms with Crippen molar-refractivity contribution in [3.8, 4) is 0 Å². The molecule has 0 unspecified atom stereocenters. The molecule has 1 aromatic rings. The summed E-state index contributed by atoms with van der Waals surface area (Å²) in [6, 6.07) is 9.87. The molecule has 1 heteroatoms. The van der Waals surface area contributed by atoms with E-state index in [1.54, 1.807) is 0 Å². The van der Waals surface area contributed by atoms with Gasteiger partial charge in [-0.25, -0.2) is 0 Å². The maximum absolute atomic E-state index is 3.72. The van der Waals surface area contributed by atoms with E-state index in [4.69, 9.17) is 0 Å². The third kappa shape index (κ3) is 2.49. The number of hydrogen-bond donors (Lipinski definition) is 0. The van der Waals surface area contributed by atoms with Crippen LogP contribution in [0.3, 0.4) is 0 Å². The molecule has 1 radical (unpaired) electrons. The van der Waals surface area contributed by atoms with E-state index in [1.807, 2.05) is 30.3 Å². The van der Waals surface area contributed by atoms with Crippen molar-refractivity contribution in [2.75, 3.05) is 0 Å². The van der Waals surface area contributed by atoms with Crippen LogP contribution < -0.4 is 0 Å². The zero-order valence-electron chi connectivity index (χ0n) is 4.67. The Morgan fingerprint density at radius 1 is 1.00 bits per heavy atom. The van der Waals surface area contributed by atoms with Gasteiger partial charge in [-0.05, 0) is 0 Å². The van der Waals surface area contributed by atoms with Gasteiger partial charge in [0.15, 0.2) is 0 Å². The van der Waals surface area contributed by atoms with Gasteiger partial charge in [0, 0.05) is 32.7 Å². The van der Waals surface area contributed by atoms with Crippen LogP contribution in [0.1, 0.15) is 5.56 Å². The summed E-state index contributed by atoms with van der Waals surface area (Å²) in [7, 11) is 0. The second-order valence-electron chi connectivity index (χ2n) is 1.49. The van der Waals surface area contributed by atoms with Crippen molar-refractivity contribution in [3.05, 3.63) is 42.8 Å². The average molecular weight is 180 g/mol. The maximum Gasteiger partial charge on any atom is 0 e. The van der Waals surface area contributed by atoms with Gasteiger partial charge >= 0.3 is 0 Å². The van der Waals surface area contributed by atoms with Crippen molar-refractivity contribution < 1.29 is 32.7 Å². The molecule has 0 aliphatic heterocycles. The van der Waals surface area contributed by atoms with Crippen LogP contribution in [0.4, 0.5) is 0 Å². The molecule has 0 aliphatic carbocycles. The van der Waals surface area contributed by atoms with E-state index < -0.39 is 0 Å². The molecule has 0 saturated heterocycles. The fourth-order valence-corrected chi connectivity index (χ4v) is 0.478. The molecule has 0 amide bonds. The number of rotatable bonds is 0. The predicted molar refractivity (Wildman–Crippen MR) is 30.9 cm³/mol. The monoisotopic (exact) mass is 180 g/mol. The summed E-state index contributed by atoms with van der Waals surface area (Å²) >= 11 is 0. The summed E-state index contributed by atoms with van der Waals surface area (Å²) in [6.07, 6.45) is 0. The molecule has 0 spiro atoms. The second-order valence-corrected chi connectivity index (χ2v) is 1.49. The molecule has 0 N–H and O–H groups in total. The van der Waals surface area contributed by atoms with Gasteiger partial charge < -0.3 is 0 Å². The Hall–Kier alpha value is 0.194. The molecule has 0 saturated carbocycles. The zero-order valence-corrected chi connectivity index (χ0v) is 7.51. The first-order valence-corrected chi connectivity index (χ1v) is 2.26. The van der Waals surface area contributed by atoms with Crippen LogP contribution in [0.5, 0.6) is 0 Å². The van der Waals surface area contributed by atoms with Crippen LogP contribution in [-0.2, 0) is 32.7 Å². The summed E-state index contributed by atoms with van der Waals surface area (Å²) in [6.45, 7) is 3.72. The SMILES string of the molecule is [CH2-]c1ccccc1.[Y]. The first-order valence-electron chi connectivity index (χ1n) is 2.26. The largest absolute Gasteiger partial charge is 0.199 e. The molecule has 0 heterocycles. The fraction of sp³-hybridized carbons (Fsp3) is 0. The van der Waals surface area contributed by atoms with Crippen LogP contribution in [0, 0.1) is 6.92 Å². The summed E-state index contributed by atoms with van der Waals surface area (Å²) in [5, 5.41) is 0. The minimum absolute atomic E-state index is 0. The smallest absolute Gasteiger partial charge is 0 e. The Balaban J connectivity index is 0.000000490. The summed E-state index contributed by atoms with van der Waals surface area (Å²) in [5.41, 5.74) is 1.07. The van der Waals surface area contributed by atoms with Crippen LogP contribution >= 0.6 is 0 Å². The van der Waals surface area contributed by atoms with E-state index in [-0.39, 0.29) is 32.7 Å². The quantitative estimate of drug-likeness (QED) is 0.534. The Kier molecular flexibility index (Phi) is 4.21. The molecular formula is C7H7Y-. The predicted octanol–water partition coefficient (Wildman–Crippen LogP) is 1.87. The molecular weight excluding hydrogens is 173 g/mol. The van der Waals surface area contributed by atoms with Crippen molar-refractivity contribution in [2.24, 2.45) is 0 Å². The Bertz CT molecular complexity index is 134. The van der Waals surface area contributed by atoms with Crippen molar-refractivity contribution in [1.82, 2.24) is 0 Å². The molecule has 39 valence electrons. The van der Waals surface area contributed by atoms with Crippen molar-refractivity contribution in [1.29, 1.82) is 0 Å². The summed E-state index contributed by atoms with van der Waals surface area (Å²) < 4.78 is 0. The molecule has 0 bridgehead atoms. The third-order valence-corrected chi connectivity index (χ3v) is 0.843. The van der Waals surface area contributed by atoms with Gasteiger partial charge in [0.25, 0.3) is 0 Å². The first kappa shape index (κ1) is 8.19. The van der Waals surface area contributed by atoms with Crippen LogP contribution in [0.2, 0.25) is 0 Å². The van der Waals surface area contributed by atoms with Gasteiger partial charge in [-0.2, -0.15) is 24.6 Å². The summed E-state index contributed by atoms with van der Waals surface area (Å²) in [4.78, 5) is 0. The van der Waals surface area contributed by atoms with Gasteiger partial charge in [-0.3, -0.25) is 0 Å². The minimum atomic E-state index is 0. The van der Waals surface area contributed by atoms with Gasteiger partial charge in [0.1, 0.15) is 0 Å². The molecule has 0 fully saturated rings. The fourth-order valence-electron chi connectivity index (χ4n) is 0.478. The van der Waals surface area contributed by atoms with Crippen molar-refractivity contribution in [3.63, 3.8) is 0 Å². The topological polar surface area (TPSA) is 0 Å². The average Bonchev–Trinajstić information content (AvgIpc) is 1.69. The summed E-state index contributed by atoms with van der Waals surface area (Å²) in [5.74, 6) is 0. The van der Waals surface area contributed by atoms with Gasteiger partial charge in [-0.15, -0.1) is 12.1 Å². The molecule has 0 aromatic heterocycles. The zero-order chi connectivity index (χ0) is 5.11.